The summed E-state index contributed by atoms with van der Waals surface area (Å²) < 4.78 is 11.3. The van der Waals surface area contributed by atoms with Gasteiger partial charge in [-0.15, -0.1) is 0 Å². The highest BCUT2D eigenvalue weighted by Gasteiger charge is 2.21. The lowest BCUT2D eigenvalue weighted by Crippen LogP contribution is -2.47. The van der Waals surface area contributed by atoms with Crippen LogP contribution >= 0.6 is 0 Å². The number of morpholine rings is 1. The van der Waals surface area contributed by atoms with E-state index in [0.29, 0.717) is 19.8 Å². The van der Waals surface area contributed by atoms with Gasteiger partial charge < -0.3 is 15.2 Å². The average molecular weight is 264 g/mol. The SMILES string of the molecule is Cc1ccc(OC[C@H]2CN(CC(N)=O)CCO2)cc1. The van der Waals surface area contributed by atoms with E-state index in [4.69, 9.17) is 15.2 Å². The predicted octanol–water partition coefficient (Wildman–Crippen LogP) is 0.560. The number of benzene rings is 1. The highest BCUT2D eigenvalue weighted by molar-refractivity contribution is 5.75. The standard InChI is InChI=1S/C14H20N2O3/c1-11-2-4-12(5-3-11)19-10-13-8-16(6-7-18-13)9-14(15)17/h2-5,13H,6-10H2,1H3,(H2,15,17)/t13-/m1/s1. The van der Waals surface area contributed by atoms with Crippen LogP contribution in [0, 0.1) is 6.92 Å². The van der Waals surface area contributed by atoms with Gasteiger partial charge in [-0.3, -0.25) is 9.69 Å². The third-order valence-corrected chi connectivity index (χ3v) is 3.06. The number of nitrogens with two attached hydrogens (primary N) is 1. The largest absolute Gasteiger partial charge is 0.491 e. The van der Waals surface area contributed by atoms with Gasteiger partial charge in [-0.25, -0.2) is 0 Å². The summed E-state index contributed by atoms with van der Waals surface area (Å²) in [6.07, 6.45) is -0.0191. The van der Waals surface area contributed by atoms with Gasteiger partial charge in [0.15, 0.2) is 0 Å². The fourth-order valence-electron chi connectivity index (χ4n) is 2.07. The first-order valence-corrected chi connectivity index (χ1v) is 6.45. The Labute approximate surface area is 113 Å². The zero-order valence-corrected chi connectivity index (χ0v) is 11.2. The third-order valence-electron chi connectivity index (χ3n) is 3.06. The van der Waals surface area contributed by atoms with Gasteiger partial charge in [0.25, 0.3) is 0 Å². The van der Waals surface area contributed by atoms with E-state index in [0.717, 1.165) is 12.3 Å². The highest BCUT2D eigenvalue weighted by Crippen LogP contribution is 2.13. The molecule has 0 spiro atoms. The molecule has 5 heteroatoms. The molecule has 1 atom stereocenters. The minimum Gasteiger partial charge on any atom is -0.491 e. The maximum absolute atomic E-state index is 10.9. The van der Waals surface area contributed by atoms with Crippen molar-refractivity contribution in [2.24, 2.45) is 5.73 Å². The van der Waals surface area contributed by atoms with Crippen molar-refractivity contribution in [3.63, 3.8) is 0 Å². The fourth-order valence-corrected chi connectivity index (χ4v) is 2.07. The van der Waals surface area contributed by atoms with Crippen molar-refractivity contribution in [1.82, 2.24) is 4.90 Å². The van der Waals surface area contributed by atoms with Gasteiger partial charge in [0.2, 0.25) is 5.91 Å². The highest BCUT2D eigenvalue weighted by atomic mass is 16.5. The zero-order valence-electron chi connectivity index (χ0n) is 11.2. The number of carbonyl (C=O) groups excluding carboxylic acids is 1. The molecule has 1 saturated heterocycles. The first-order chi connectivity index (χ1) is 9.13. The molecule has 0 aromatic heterocycles. The Kier molecular flexibility index (Phi) is 4.76. The van der Waals surface area contributed by atoms with Crippen molar-refractivity contribution in [2.45, 2.75) is 13.0 Å². The lowest BCUT2D eigenvalue weighted by Gasteiger charge is -2.31. The molecule has 1 aliphatic rings. The number of primary amides is 1. The predicted molar refractivity (Wildman–Crippen MR) is 72.0 cm³/mol. The lowest BCUT2D eigenvalue weighted by atomic mass is 10.2. The number of amides is 1. The monoisotopic (exact) mass is 264 g/mol. The second-order valence-corrected chi connectivity index (χ2v) is 4.82. The van der Waals surface area contributed by atoms with Crippen molar-refractivity contribution in [3.05, 3.63) is 29.8 Å². The van der Waals surface area contributed by atoms with Crippen molar-refractivity contribution < 1.29 is 14.3 Å². The summed E-state index contributed by atoms with van der Waals surface area (Å²) in [5.74, 6) is 0.529. The zero-order chi connectivity index (χ0) is 13.7. The summed E-state index contributed by atoms with van der Waals surface area (Å²) in [4.78, 5) is 12.9. The van der Waals surface area contributed by atoms with Gasteiger partial charge in [-0.05, 0) is 19.1 Å². The summed E-state index contributed by atoms with van der Waals surface area (Å²) in [5.41, 5.74) is 6.40. The molecule has 5 nitrogen and oxygen atoms in total. The van der Waals surface area contributed by atoms with Crippen LogP contribution in [0.15, 0.2) is 24.3 Å². The average Bonchev–Trinajstić information content (AvgIpc) is 2.38. The van der Waals surface area contributed by atoms with Crippen LogP contribution in [-0.4, -0.2) is 49.8 Å². The molecule has 1 aliphatic heterocycles. The molecule has 2 N–H and O–H groups in total. The van der Waals surface area contributed by atoms with E-state index >= 15 is 0 Å². The minimum absolute atomic E-state index is 0.0191. The molecule has 1 fully saturated rings. The van der Waals surface area contributed by atoms with Crippen LogP contribution in [0.3, 0.4) is 0 Å². The van der Waals surface area contributed by atoms with E-state index in [1.807, 2.05) is 36.1 Å². The molecule has 0 bridgehead atoms. The van der Waals surface area contributed by atoms with Crippen molar-refractivity contribution in [2.75, 3.05) is 32.8 Å². The van der Waals surface area contributed by atoms with Crippen LogP contribution in [0.25, 0.3) is 0 Å². The molecule has 1 aromatic rings. The molecule has 1 aromatic carbocycles. The maximum Gasteiger partial charge on any atom is 0.231 e. The van der Waals surface area contributed by atoms with E-state index in [2.05, 4.69) is 0 Å². The second kappa shape index (κ2) is 6.54. The number of hydrogen-bond acceptors (Lipinski definition) is 4. The first kappa shape index (κ1) is 13.8. The smallest absolute Gasteiger partial charge is 0.231 e. The van der Waals surface area contributed by atoms with Crippen molar-refractivity contribution >= 4 is 5.91 Å². The number of ether oxygens (including phenoxy) is 2. The van der Waals surface area contributed by atoms with E-state index in [1.165, 1.54) is 5.56 Å². The van der Waals surface area contributed by atoms with Crippen molar-refractivity contribution in [1.29, 1.82) is 0 Å². The Balaban J connectivity index is 1.79. The Morgan fingerprint density at radius 1 is 1.47 bits per heavy atom. The summed E-state index contributed by atoms with van der Waals surface area (Å²) in [6, 6.07) is 7.91. The Morgan fingerprint density at radius 2 is 2.21 bits per heavy atom. The number of aryl methyl sites for hydroxylation is 1. The summed E-state index contributed by atoms with van der Waals surface area (Å²) in [7, 11) is 0. The van der Waals surface area contributed by atoms with Gasteiger partial charge in [-0.2, -0.15) is 0 Å². The van der Waals surface area contributed by atoms with Crippen molar-refractivity contribution in [3.8, 4) is 5.75 Å². The molecule has 1 amide bonds. The Morgan fingerprint density at radius 3 is 2.89 bits per heavy atom. The lowest BCUT2D eigenvalue weighted by molar-refractivity contribution is -0.121. The summed E-state index contributed by atoms with van der Waals surface area (Å²) in [6.45, 7) is 4.83. The first-order valence-electron chi connectivity index (χ1n) is 6.45. The molecule has 0 saturated carbocycles. The second-order valence-electron chi connectivity index (χ2n) is 4.82. The van der Waals surface area contributed by atoms with Gasteiger partial charge in [0, 0.05) is 13.1 Å². The number of rotatable bonds is 5. The van der Waals surface area contributed by atoms with Crippen LogP contribution in [-0.2, 0) is 9.53 Å². The molecular weight excluding hydrogens is 244 g/mol. The molecule has 0 radical (unpaired) electrons. The van der Waals surface area contributed by atoms with E-state index in [9.17, 15) is 4.79 Å². The van der Waals surface area contributed by atoms with Gasteiger partial charge in [0.05, 0.1) is 13.2 Å². The summed E-state index contributed by atoms with van der Waals surface area (Å²) >= 11 is 0. The molecule has 1 heterocycles. The van der Waals surface area contributed by atoms with Crippen LogP contribution in [0.2, 0.25) is 0 Å². The molecule has 104 valence electrons. The van der Waals surface area contributed by atoms with Crippen LogP contribution in [0.5, 0.6) is 5.75 Å². The topological polar surface area (TPSA) is 64.8 Å². The van der Waals surface area contributed by atoms with E-state index in [1.54, 1.807) is 0 Å². The number of hydrogen-bond donors (Lipinski definition) is 1. The molecule has 0 unspecified atom stereocenters. The minimum atomic E-state index is -0.305. The van der Waals surface area contributed by atoms with Crippen LogP contribution < -0.4 is 10.5 Å². The van der Waals surface area contributed by atoms with Crippen LogP contribution in [0.1, 0.15) is 5.56 Å². The molecule has 2 rings (SSSR count). The molecule has 19 heavy (non-hydrogen) atoms. The van der Waals surface area contributed by atoms with Crippen LogP contribution in [0.4, 0.5) is 0 Å². The molecular formula is C14H20N2O3. The summed E-state index contributed by atoms with van der Waals surface area (Å²) in [5, 5.41) is 0. The molecule has 0 aliphatic carbocycles. The normalized spacial score (nSPS) is 20.2. The third kappa shape index (κ3) is 4.54. The Bertz CT molecular complexity index is 419. The quantitative estimate of drug-likeness (QED) is 0.844. The van der Waals surface area contributed by atoms with E-state index in [-0.39, 0.29) is 18.6 Å². The van der Waals surface area contributed by atoms with E-state index < -0.39 is 0 Å². The van der Waals surface area contributed by atoms with Gasteiger partial charge in [-0.1, -0.05) is 17.7 Å². The number of nitrogens with zero attached hydrogens (tertiary/aromatic N) is 1. The maximum atomic E-state index is 10.9. The van der Waals surface area contributed by atoms with Gasteiger partial charge >= 0.3 is 0 Å². The van der Waals surface area contributed by atoms with Gasteiger partial charge in [0.1, 0.15) is 18.5 Å². The fraction of sp³-hybridized carbons (Fsp3) is 0.500. The Hall–Kier alpha value is -1.59. The number of carbonyl (C=O) groups is 1.